The summed E-state index contributed by atoms with van der Waals surface area (Å²) >= 11 is 2.92. The summed E-state index contributed by atoms with van der Waals surface area (Å²) in [6.45, 7) is 4.03. The summed E-state index contributed by atoms with van der Waals surface area (Å²) in [6, 6.07) is 13.8. The molecule has 4 aromatic rings. The zero-order valence-electron chi connectivity index (χ0n) is 17.8. The average Bonchev–Trinajstić information content (AvgIpc) is 3.13. The number of thioether (sulfide) groups is 1. The van der Waals surface area contributed by atoms with Crippen LogP contribution in [0, 0.1) is 17.0 Å². The van der Waals surface area contributed by atoms with Gasteiger partial charge in [-0.2, -0.15) is 0 Å². The minimum absolute atomic E-state index is 0.0400. The van der Waals surface area contributed by atoms with Crippen LogP contribution in [0.2, 0.25) is 0 Å². The van der Waals surface area contributed by atoms with E-state index in [1.807, 2.05) is 31.2 Å². The predicted octanol–water partition coefficient (Wildman–Crippen LogP) is 5.53. The fourth-order valence-electron chi connectivity index (χ4n) is 3.53. The number of hydrogen-bond acceptors (Lipinski definition) is 7. The van der Waals surface area contributed by atoms with Gasteiger partial charge in [0, 0.05) is 28.8 Å². The van der Waals surface area contributed by atoms with Gasteiger partial charge < -0.3 is 4.74 Å². The van der Waals surface area contributed by atoms with E-state index in [0.29, 0.717) is 32.6 Å². The van der Waals surface area contributed by atoms with Crippen LogP contribution in [-0.2, 0) is 12.2 Å². The van der Waals surface area contributed by atoms with Gasteiger partial charge in [-0.15, -0.1) is 11.3 Å². The Morgan fingerprint density at radius 2 is 2.00 bits per heavy atom. The zero-order chi connectivity index (χ0) is 22.8. The van der Waals surface area contributed by atoms with Gasteiger partial charge in [0.05, 0.1) is 23.1 Å². The van der Waals surface area contributed by atoms with Crippen LogP contribution in [0.1, 0.15) is 22.9 Å². The molecule has 0 aliphatic rings. The molecule has 164 valence electrons. The van der Waals surface area contributed by atoms with Crippen molar-refractivity contribution in [3.8, 4) is 11.4 Å². The molecule has 4 rings (SSSR count). The Balaban J connectivity index is 1.85. The number of benzene rings is 2. The number of nitro groups is 1. The number of nitro benzene ring substituents is 1. The van der Waals surface area contributed by atoms with Crippen molar-refractivity contribution in [1.82, 2.24) is 9.55 Å². The van der Waals surface area contributed by atoms with Crippen molar-refractivity contribution in [2.75, 3.05) is 7.11 Å². The smallest absolute Gasteiger partial charge is 0.269 e. The monoisotopic (exact) mass is 467 g/mol. The van der Waals surface area contributed by atoms with Gasteiger partial charge in [0.1, 0.15) is 10.6 Å². The van der Waals surface area contributed by atoms with Crippen LogP contribution < -0.4 is 10.3 Å². The number of aromatic nitrogens is 2. The lowest BCUT2D eigenvalue weighted by molar-refractivity contribution is -0.384. The number of hydrogen-bond donors (Lipinski definition) is 0. The Kier molecular flexibility index (Phi) is 6.29. The van der Waals surface area contributed by atoms with E-state index in [1.54, 1.807) is 41.2 Å². The minimum atomic E-state index is -0.411. The highest BCUT2D eigenvalue weighted by molar-refractivity contribution is 7.98. The first-order chi connectivity index (χ1) is 15.4. The number of fused-ring (bicyclic) bond motifs is 1. The fourth-order valence-corrected chi connectivity index (χ4v) is 5.64. The van der Waals surface area contributed by atoms with Gasteiger partial charge in [0.2, 0.25) is 0 Å². The van der Waals surface area contributed by atoms with E-state index in [-0.39, 0.29) is 11.2 Å². The van der Waals surface area contributed by atoms with Gasteiger partial charge in [0.15, 0.2) is 5.16 Å². The van der Waals surface area contributed by atoms with Gasteiger partial charge in [-0.1, -0.05) is 36.9 Å². The highest BCUT2D eigenvalue weighted by atomic mass is 32.2. The van der Waals surface area contributed by atoms with Crippen LogP contribution in [-0.4, -0.2) is 21.6 Å². The van der Waals surface area contributed by atoms with Gasteiger partial charge in [-0.05, 0) is 36.6 Å². The number of non-ortho nitro benzene ring substituents is 1. The SMILES string of the molecule is CCc1sc2nc(SCc3cccc([N+](=O)[O-])c3)n(-c3cccc(OC)c3)c(=O)c2c1C. The van der Waals surface area contributed by atoms with Crippen molar-refractivity contribution in [2.24, 2.45) is 0 Å². The van der Waals surface area contributed by atoms with Crippen LogP contribution in [0.5, 0.6) is 5.75 Å². The second-order valence-corrected chi connectivity index (χ2v) is 9.16. The van der Waals surface area contributed by atoms with Crippen LogP contribution in [0.15, 0.2) is 58.5 Å². The lowest BCUT2D eigenvalue weighted by Gasteiger charge is -2.13. The highest BCUT2D eigenvalue weighted by Crippen LogP contribution is 2.32. The zero-order valence-corrected chi connectivity index (χ0v) is 19.5. The number of rotatable bonds is 7. The quantitative estimate of drug-likeness (QED) is 0.154. The number of nitrogens with zero attached hydrogens (tertiary/aromatic N) is 3. The third-order valence-corrected chi connectivity index (χ3v) is 7.49. The number of aryl methyl sites for hydroxylation is 2. The van der Waals surface area contributed by atoms with Gasteiger partial charge >= 0.3 is 0 Å². The van der Waals surface area contributed by atoms with Crippen LogP contribution >= 0.6 is 23.1 Å². The second-order valence-electron chi connectivity index (χ2n) is 7.14. The van der Waals surface area contributed by atoms with E-state index in [0.717, 1.165) is 22.4 Å². The first-order valence-corrected chi connectivity index (χ1v) is 11.8. The fraction of sp³-hybridized carbons (Fsp3) is 0.217. The van der Waals surface area contributed by atoms with E-state index in [2.05, 4.69) is 6.92 Å². The number of ether oxygens (including phenoxy) is 1. The molecule has 2 heterocycles. The van der Waals surface area contributed by atoms with Crippen LogP contribution in [0.4, 0.5) is 5.69 Å². The summed E-state index contributed by atoms with van der Waals surface area (Å²) in [7, 11) is 1.58. The molecule has 0 saturated carbocycles. The lowest BCUT2D eigenvalue weighted by Crippen LogP contribution is -2.21. The Bertz CT molecular complexity index is 1380. The first-order valence-electron chi connectivity index (χ1n) is 9.98. The molecule has 0 aliphatic carbocycles. The molecule has 0 radical (unpaired) electrons. The molecule has 0 atom stereocenters. The summed E-state index contributed by atoms with van der Waals surface area (Å²) in [5.74, 6) is 1.08. The van der Waals surface area contributed by atoms with Crippen molar-refractivity contribution in [2.45, 2.75) is 31.2 Å². The molecule has 9 heteroatoms. The second kappa shape index (κ2) is 9.13. The summed E-state index contributed by atoms with van der Waals surface area (Å²) < 4.78 is 6.95. The maximum atomic E-state index is 13.6. The molecule has 0 bridgehead atoms. The molecule has 0 fully saturated rings. The van der Waals surface area contributed by atoms with Gasteiger partial charge in [-0.3, -0.25) is 19.5 Å². The molecule has 32 heavy (non-hydrogen) atoms. The molecular weight excluding hydrogens is 446 g/mol. The molecule has 0 aliphatic heterocycles. The van der Waals surface area contributed by atoms with Crippen molar-refractivity contribution in [3.05, 3.63) is 85.0 Å². The summed E-state index contributed by atoms with van der Waals surface area (Å²) in [5.41, 5.74) is 2.33. The summed E-state index contributed by atoms with van der Waals surface area (Å²) in [4.78, 5) is 31.0. The maximum Gasteiger partial charge on any atom is 0.269 e. The van der Waals surface area contributed by atoms with Crippen molar-refractivity contribution in [1.29, 1.82) is 0 Å². The molecule has 2 aromatic heterocycles. The normalized spacial score (nSPS) is 11.1. The topological polar surface area (TPSA) is 87.3 Å². The van der Waals surface area contributed by atoms with E-state index >= 15 is 0 Å². The van der Waals surface area contributed by atoms with Gasteiger partial charge in [0.25, 0.3) is 11.2 Å². The summed E-state index contributed by atoms with van der Waals surface area (Å²) in [6.07, 6.45) is 0.835. The Morgan fingerprint density at radius 1 is 1.22 bits per heavy atom. The van der Waals surface area contributed by atoms with Crippen molar-refractivity contribution >= 4 is 39.0 Å². The van der Waals surface area contributed by atoms with Crippen LogP contribution in [0.3, 0.4) is 0 Å². The molecule has 0 amide bonds. The molecule has 2 aromatic carbocycles. The molecule has 0 saturated heterocycles. The Labute approximate surface area is 192 Å². The van der Waals surface area contributed by atoms with Crippen LogP contribution in [0.25, 0.3) is 15.9 Å². The maximum absolute atomic E-state index is 13.6. The standard InChI is InChI=1S/C23H21N3O4S2/c1-4-19-14(2)20-21(32-19)24-23(31-13-15-7-5-9-17(11-15)26(28)29)25(22(20)27)16-8-6-10-18(12-16)30-3/h5-12H,4,13H2,1-3H3. The number of methoxy groups -OCH3 is 1. The third kappa shape index (κ3) is 4.13. The Hall–Kier alpha value is -3.17. The van der Waals surface area contributed by atoms with Crippen molar-refractivity contribution < 1.29 is 9.66 Å². The Morgan fingerprint density at radius 3 is 2.72 bits per heavy atom. The van der Waals surface area contributed by atoms with Crippen molar-refractivity contribution in [3.63, 3.8) is 0 Å². The predicted molar refractivity (Wildman–Crippen MR) is 129 cm³/mol. The first kappa shape index (κ1) is 22.0. The molecule has 0 spiro atoms. The van der Waals surface area contributed by atoms with Gasteiger partial charge in [-0.25, -0.2) is 4.98 Å². The third-order valence-electron chi connectivity index (χ3n) is 5.15. The molecule has 0 N–H and O–H groups in total. The highest BCUT2D eigenvalue weighted by Gasteiger charge is 2.19. The molecule has 7 nitrogen and oxygen atoms in total. The lowest BCUT2D eigenvalue weighted by atomic mass is 10.2. The minimum Gasteiger partial charge on any atom is -0.497 e. The molecular formula is C23H21N3O4S2. The van der Waals surface area contributed by atoms with E-state index < -0.39 is 4.92 Å². The average molecular weight is 468 g/mol. The molecule has 0 unspecified atom stereocenters. The van der Waals surface area contributed by atoms with E-state index in [9.17, 15) is 14.9 Å². The summed E-state index contributed by atoms with van der Waals surface area (Å²) in [5, 5.41) is 12.3. The number of thiophene rings is 1. The van der Waals surface area contributed by atoms with E-state index in [4.69, 9.17) is 9.72 Å². The largest absolute Gasteiger partial charge is 0.497 e. The van der Waals surface area contributed by atoms with E-state index in [1.165, 1.54) is 17.8 Å².